The summed E-state index contributed by atoms with van der Waals surface area (Å²) < 4.78 is 6.59. The number of aromatic nitrogens is 1. The Morgan fingerprint density at radius 2 is 1.82 bits per heavy atom. The number of halogens is 2. The molecule has 1 N–H and O–H groups in total. The molecular weight excluding hydrogens is 463 g/mol. The van der Waals surface area contributed by atoms with Crippen LogP contribution < -0.4 is 10.3 Å². The van der Waals surface area contributed by atoms with Crippen molar-refractivity contribution in [1.82, 2.24) is 4.57 Å². The fourth-order valence-corrected chi connectivity index (χ4v) is 4.09. The molecule has 0 spiro atoms. The first-order valence-electron chi connectivity index (χ1n) is 10.4. The van der Waals surface area contributed by atoms with Crippen LogP contribution in [0.5, 0.6) is 11.6 Å². The van der Waals surface area contributed by atoms with Gasteiger partial charge in [0.1, 0.15) is 11.6 Å². The van der Waals surface area contributed by atoms with E-state index in [9.17, 15) is 20.0 Å². The lowest BCUT2D eigenvalue weighted by molar-refractivity contribution is 0.103. The van der Waals surface area contributed by atoms with Crippen LogP contribution in [0.1, 0.15) is 46.0 Å². The van der Waals surface area contributed by atoms with Gasteiger partial charge in [-0.25, -0.2) is 0 Å². The molecule has 0 fully saturated rings. The predicted octanol–water partition coefficient (Wildman–Crippen LogP) is 5.30. The smallest absolute Gasteiger partial charge is 0.271 e. The largest absolute Gasteiger partial charge is 0.494 e. The van der Waals surface area contributed by atoms with E-state index in [1.54, 1.807) is 0 Å². The first kappa shape index (κ1) is 24.4. The van der Waals surface area contributed by atoms with E-state index in [2.05, 4.69) is 0 Å². The molecule has 0 amide bonds. The number of hydrogen-bond donors (Lipinski definition) is 1. The molecule has 8 heteroatoms. The Hall–Kier alpha value is -3.27. The molecule has 3 aromatic rings. The lowest BCUT2D eigenvalue weighted by Gasteiger charge is -2.16. The molecule has 1 aromatic heterocycles. The topological polar surface area (TPSA) is 92.3 Å². The summed E-state index contributed by atoms with van der Waals surface area (Å²) in [6, 6.07) is 14.0. The van der Waals surface area contributed by atoms with Crippen LogP contribution in [0.2, 0.25) is 10.0 Å². The third-order valence-electron chi connectivity index (χ3n) is 5.21. The molecular formula is C25H22Cl2N2O4. The molecule has 0 unspecified atom stereocenters. The Morgan fingerprint density at radius 1 is 1.18 bits per heavy atom. The van der Waals surface area contributed by atoms with Crippen molar-refractivity contribution in [2.75, 3.05) is 6.61 Å². The Morgan fingerprint density at radius 3 is 2.39 bits per heavy atom. The predicted molar refractivity (Wildman–Crippen MR) is 128 cm³/mol. The van der Waals surface area contributed by atoms with E-state index in [1.165, 1.54) is 19.1 Å². The zero-order valence-corrected chi connectivity index (χ0v) is 19.7. The number of pyridine rings is 1. The highest BCUT2D eigenvalue weighted by molar-refractivity contribution is 6.38. The molecule has 170 valence electrons. The fourth-order valence-electron chi connectivity index (χ4n) is 3.49. The maximum atomic E-state index is 13.4. The Kier molecular flexibility index (Phi) is 7.80. The molecule has 0 radical (unpaired) electrons. The van der Waals surface area contributed by atoms with Crippen molar-refractivity contribution < 1.29 is 14.6 Å². The van der Waals surface area contributed by atoms with Gasteiger partial charge in [-0.15, -0.1) is 0 Å². The van der Waals surface area contributed by atoms with E-state index in [4.69, 9.17) is 27.9 Å². The average Bonchev–Trinajstić information content (AvgIpc) is 2.79. The van der Waals surface area contributed by atoms with Gasteiger partial charge >= 0.3 is 0 Å². The first-order chi connectivity index (χ1) is 15.8. The van der Waals surface area contributed by atoms with E-state index < -0.39 is 17.2 Å². The Labute approximate surface area is 201 Å². The lowest BCUT2D eigenvalue weighted by atomic mass is 9.97. The number of ketones is 1. The second-order valence-electron chi connectivity index (χ2n) is 7.45. The minimum atomic E-state index is -0.653. The molecule has 6 nitrogen and oxygen atoms in total. The number of aryl methyl sites for hydroxylation is 1. The van der Waals surface area contributed by atoms with Gasteiger partial charge in [0.15, 0.2) is 11.5 Å². The fraction of sp³-hybridized carbons (Fsp3) is 0.240. The zero-order chi connectivity index (χ0) is 24.1. The summed E-state index contributed by atoms with van der Waals surface area (Å²) in [5.41, 5.74) is 0.137. The van der Waals surface area contributed by atoms with E-state index in [0.29, 0.717) is 13.0 Å². The standard InChI is InChI=1S/C25H22Cl2N2O4/c1-3-11-33-23-19(26)12-17(13-20(23)27)22(30)21-15(2)18(14-28)24(31)29(25(21)32)10-9-16-7-5-4-6-8-16/h4-8,12-13,32H,3,9-11H2,1-2H3. The number of aromatic hydroxyl groups is 1. The SMILES string of the molecule is CCCOc1c(Cl)cc(C(=O)c2c(C)c(C#N)c(=O)n(CCc3ccccc3)c2O)cc1Cl. The number of nitriles is 1. The normalized spacial score (nSPS) is 10.6. The van der Waals surface area contributed by atoms with Crippen LogP contribution in [0.15, 0.2) is 47.3 Å². The maximum Gasteiger partial charge on any atom is 0.271 e. The number of carbonyl (C=O) groups is 1. The van der Waals surface area contributed by atoms with Crippen LogP contribution in [0.4, 0.5) is 0 Å². The molecule has 3 rings (SSSR count). The van der Waals surface area contributed by atoms with Gasteiger partial charge in [-0.3, -0.25) is 14.2 Å². The number of benzene rings is 2. The first-order valence-corrected chi connectivity index (χ1v) is 11.1. The van der Waals surface area contributed by atoms with E-state index in [0.717, 1.165) is 16.6 Å². The number of hydrogen-bond acceptors (Lipinski definition) is 5. The highest BCUT2D eigenvalue weighted by Gasteiger charge is 2.26. The lowest BCUT2D eigenvalue weighted by Crippen LogP contribution is -2.27. The second-order valence-corrected chi connectivity index (χ2v) is 8.26. The van der Waals surface area contributed by atoms with Gasteiger partial charge in [-0.1, -0.05) is 60.5 Å². The monoisotopic (exact) mass is 484 g/mol. The third-order valence-corrected chi connectivity index (χ3v) is 5.77. The van der Waals surface area contributed by atoms with Gasteiger partial charge in [0.05, 0.1) is 22.2 Å². The summed E-state index contributed by atoms with van der Waals surface area (Å²) in [5.74, 6) is -0.847. The van der Waals surface area contributed by atoms with Gasteiger partial charge in [0.25, 0.3) is 5.56 Å². The van der Waals surface area contributed by atoms with Gasteiger partial charge < -0.3 is 9.84 Å². The average molecular weight is 485 g/mol. The summed E-state index contributed by atoms with van der Waals surface area (Å²) in [5, 5.41) is 20.8. The molecule has 0 saturated carbocycles. The maximum absolute atomic E-state index is 13.4. The van der Waals surface area contributed by atoms with Crippen LogP contribution in [-0.2, 0) is 13.0 Å². The minimum Gasteiger partial charge on any atom is -0.494 e. The molecule has 33 heavy (non-hydrogen) atoms. The van der Waals surface area contributed by atoms with E-state index in [-0.39, 0.29) is 44.6 Å². The minimum absolute atomic E-state index is 0.0925. The van der Waals surface area contributed by atoms with Crippen molar-refractivity contribution in [2.45, 2.75) is 33.2 Å². The highest BCUT2D eigenvalue weighted by atomic mass is 35.5. The van der Waals surface area contributed by atoms with Crippen LogP contribution in [-0.4, -0.2) is 22.1 Å². The molecule has 0 aliphatic carbocycles. The van der Waals surface area contributed by atoms with E-state index in [1.807, 2.05) is 43.3 Å². The van der Waals surface area contributed by atoms with E-state index >= 15 is 0 Å². The number of nitrogens with zero attached hydrogens (tertiary/aromatic N) is 2. The Bertz CT molecular complexity index is 1270. The van der Waals surface area contributed by atoms with Crippen molar-refractivity contribution >= 4 is 29.0 Å². The van der Waals surface area contributed by atoms with Crippen molar-refractivity contribution in [3.05, 3.63) is 90.7 Å². The summed E-state index contributed by atoms with van der Waals surface area (Å²) in [4.78, 5) is 26.2. The van der Waals surface area contributed by atoms with Crippen molar-refractivity contribution in [3.8, 4) is 17.7 Å². The third kappa shape index (κ3) is 5.05. The summed E-state index contributed by atoms with van der Waals surface area (Å²) in [6.07, 6.45) is 1.18. The van der Waals surface area contributed by atoms with Crippen LogP contribution in [0.25, 0.3) is 0 Å². The Balaban J connectivity index is 2.08. The quantitative estimate of drug-likeness (QED) is 0.437. The van der Waals surface area contributed by atoms with Crippen molar-refractivity contribution in [3.63, 3.8) is 0 Å². The number of carbonyl (C=O) groups excluding carboxylic acids is 1. The van der Waals surface area contributed by atoms with Gasteiger partial charge in [-0.2, -0.15) is 5.26 Å². The summed E-state index contributed by atoms with van der Waals surface area (Å²) in [6.45, 7) is 3.89. The number of ether oxygens (including phenoxy) is 1. The van der Waals surface area contributed by atoms with Crippen molar-refractivity contribution in [1.29, 1.82) is 5.26 Å². The summed E-state index contributed by atoms with van der Waals surface area (Å²) >= 11 is 12.6. The van der Waals surface area contributed by atoms with Gasteiger partial charge in [0, 0.05) is 12.1 Å². The van der Waals surface area contributed by atoms with Crippen LogP contribution >= 0.6 is 23.2 Å². The van der Waals surface area contributed by atoms with Gasteiger partial charge in [-0.05, 0) is 43.0 Å². The molecule has 0 aliphatic rings. The molecule has 0 atom stereocenters. The molecule has 0 bridgehead atoms. The molecule has 1 heterocycles. The van der Waals surface area contributed by atoms with Crippen molar-refractivity contribution in [2.24, 2.45) is 0 Å². The van der Waals surface area contributed by atoms with Crippen LogP contribution in [0, 0.1) is 18.3 Å². The van der Waals surface area contributed by atoms with Crippen LogP contribution in [0.3, 0.4) is 0 Å². The zero-order valence-electron chi connectivity index (χ0n) is 18.2. The number of rotatable bonds is 8. The molecule has 0 aliphatic heterocycles. The van der Waals surface area contributed by atoms with Gasteiger partial charge in [0.2, 0.25) is 5.88 Å². The highest BCUT2D eigenvalue weighted by Crippen LogP contribution is 2.36. The second kappa shape index (κ2) is 10.6. The molecule has 0 saturated heterocycles. The molecule has 2 aromatic carbocycles. The summed E-state index contributed by atoms with van der Waals surface area (Å²) in [7, 11) is 0.